The topological polar surface area (TPSA) is 43.3 Å². The number of benzene rings is 1. The van der Waals surface area contributed by atoms with Gasteiger partial charge in [0, 0.05) is 25.1 Å². The molecule has 2 aromatic rings. The molecule has 2 rings (SSSR count). The molecule has 0 bridgehead atoms. The van der Waals surface area contributed by atoms with Crippen LogP contribution in [0, 0.1) is 6.92 Å². The van der Waals surface area contributed by atoms with Crippen LogP contribution >= 0.6 is 0 Å². The maximum atomic E-state index is 11.2. The molecule has 1 aromatic carbocycles. The lowest BCUT2D eigenvalue weighted by Crippen LogP contribution is -2.06. The van der Waals surface area contributed by atoms with E-state index >= 15 is 0 Å². The van der Waals surface area contributed by atoms with Gasteiger partial charge in [0.15, 0.2) is 0 Å². The highest BCUT2D eigenvalue weighted by molar-refractivity contribution is 6.03. The van der Waals surface area contributed by atoms with Gasteiger partial charge in [0.25, 0.3) is 0 Å². The molecule has 0 aliphatic rings. The number of amides is 1. The number of hydrogen-bond acceptors (Lipinski definition) is 2. The monoisotopic (exact) mass is 232 g/mol. The minimum Gasteiger partial charge on any atom is -0.497 e. The molecule has 1 amide bonds. The first-order valence-corrected chi connectivity index (χ1v) is 5.45. The van der Waals surface area contributed by atoms with Gasteiger partial charge in [-0.3, -0.25) is 4.79 Å². The van der Waals surface area contributed by atoms with Crippen LogP contribution in [-0.4, -0.2) is 17.6 Å². The zero-order valence-corrected chi connectivity index (χ0v) is 10.5. The van der Waals surface area contributed by atoms with E-state index in [-0.39, 0.29) is 5.91 Å². The highest BCUT2D eigenvalue weighted by Gasteiger charge is 2.13. The van der Waals surface area contributed by atoms with Crippen molar-refractivity contribution in [1.82, 2.24) is 4.57 Å². The number of aromatic nitrogens is 1. The highest BCUT2D eigenvalue weighted by Crippen LogP contribution is 2.32. The van der Waals surface area contributed by atoms with E-state index in [0.29, 0.717) is 0 Å². The maximum Gasteiger partial charge on any atom is 0.221 e. The number of rotatable bonds is 2. The molecule has 0 radical (unpaired) electrons. The van der Waals surface area contributed by atoms with E-state index in [1.807, 2.05) is 32.2 Å². The first kappa shape index (κ1) is 11.5. The Labute approximate surface area is 100 Å². The summed E-state index contributed by atoms with van der Waals surface area (Å²) in [6.45, 7) is 3.50. The summed E-state index contributed by atoms with van der Waals surface area (Å²) < 4.78 is 7.27. The van der Waals surface area contributed by atoms with Crippen molar-refractivity contribution in [2.24, 2.45) is 7.05 Å². The normalized spacial score (nSPS) is 10.6. The fourth-order valence-electron chi connectivity index (χ4n) is 2.01. The van der Waals surface area contributed by atoms with Crippen molar-refractivity contribution in [2.45, 2.75) is 13.8 Å². The summed E-state index contributed by atoms with van der Waals surface area (Å²) in [6, 6.07) is 5.85. The lowest BCUT2D eigenvalue weighted by Gasteiger charge is -2.03. The Bertz CT molecular complexity index is 585. The summed E-state index contributed by atoms with van der Waals surface area (Å²) in [4.78, 5) is 11.2. The molecule has 0 aliphatic heterocycles. The quantitative estimate of drug-likeness (QED) is 0.864. The number of methoxy groups -OCH3 is 1. The van der Waals surface area contributed by atoms with E-state index < -0.39 is 0 Å². The second-order valence-electron chi connectivity index (χ2n) is 4.08. The smallest absolute Gasteiger partial charge is 0.221 e. The molecule has 0 aliphatic carbocycles. The van der Waals surface area contributed by atoms with Crippen LogP contribution in [0.15, 0.2) is 18.2 Å². The van der Waals surface area contributed by atoms with Crippen molar-refractivity contribution in [2.75, 3.05) is 12.4 Å². The fraction of sp³-hybridized carbons (Fsp3) is 0.308. The summed E-state index contributed by atoms with van der Waals surface area (Å²) >= 11 is 0. The molecule has 0 spiro atoms. The van der Waals surface area contributed by atoms with Gasteiger partial charge in [-0.1, -0.05) is 0 Å². The van der Waals surface area contributed by atoms with Gasteiger partial charge in [0.1, 0.15) is 5.75 Å². The first-order chi connectivity index (χ1) is 8.04. The van der Waals surface area contributed by atoms with Gasteiger partial charge in [-0.25, -0.2) is 0 Å². The Kier molecular flexibility index (Phi) is 2.79. The molecule has 0 fully saturated rings. The Hall–Kier alpha value is -1.97. The maximum absolute atomic E-state index is 11.2. The van der Waals surface area contributed by atoms with Crippen LogP contribution in [0.5, 0.6) is 5.75 Å². The molecule has 0 saturated heterocycles. The van der Waals surface area contributed by atoms with Gasteiger partial charge in [-0.15, -0.1) is 0 Å². The molecular weight excluding hydrogens is 216 g/mol. The second kappa shape index (κ2) is 4.13. The lowest BCUT2D eigenvalue weighted by atomic mass is 10.2. The summed E-state index contributed by atoms with van der Waals surface area (Å²) in [7, 11) is 3.62. The Balaban J connectivity index is 2.71. The number of carbonyl (C=O) groups is 1. The molecule has 1 N–H and O–H groups in total. The van der Waals surface area contributed by atoms with Crippen molar-refractivity contribution in [3.05, 3.63) is 23.9 Å². The molecule has 4 nitrogen and oxygen atoms in total. The third-order valence-corrected chi connectivity index (χ3v) is 3.00. The van der Waals surface area contributed by atoms with Crippen molar-refractivity contribution in [3.63, 3.8) is 0 Å². The van der Waals surface area contributed by atoms with Crippen LogP contribution in [0.25, 0.3) is 10.9 Å². The highest BCUT2D eigenvalue weighted by atomic mass is 16.5. The third-order valence-electron chi connectivity index (χ3n) is 3.00. The molecule has 17 heavy (non-hydrogen) atoms. The zero-order valence-electron chi connectivity index (χ0n) is 10.5. The van der Waals surface area contributed by atoms with Crippen LogP contribution in [-0.2, 0) is 11.8 Å². The summed E-state index contributed by atoms with van der Waals surface area (Å²) in [6.07, 6.45) is 0. The van der Waals surface area contributed by atoms with E-state index in [1.54, 1.807) is 7.11 Å². The number of anilines is 1. The number of hydrogen-bond donors (Lipinski definition) is 1. The molecule has 4 heteroatoms. The SMILES string of the molecule is COc1ccc2c(c1)c(NC(C)=O)c(C)n2C. The van der Waals surface area contributed by atoms with Crippen LogP contribution in [0.2, 0.25) is 0 Å². The van der Waals surface area contributed by atoms with Gasteiger partial charge in [0.05, 0.1) is 18.3 Å². The average molecular weight is 232 g/mol. The van der Waals surface area contributed by atoms with E-state index in [0.717, 1.165) is 28.0 Å². The van der Waals surface area contributed by atoms with E-state index in [9.17, 15) is 4.79 Å². The standard InChI is InChI=1S/C13H16N2O2/c1-8-13(14-9(2)16)11-7-10(17-4)5-6-12(11)15(8)3/h5-7H,1-4H3,(H,14,16). The first-order valence-electron chi connectivity index (χ1n) is 5.45. The molecule has 1 aromatic heterocycles. The lowest BCUT2D eigenvalue weighted by molar-refractivity contribution is -0.114. The van der Waals surface area contributed by atoms with E-state index in [1.165, 1.54) is 6.92 Å². The summed E-state index contributed by atoms with van der Waals surface area (Å²) in [5.41, 5.74) is 2.96. The molecule has 1 heterocycles. The van der Waals surface area contributed by atoms with E-state index in [2.05, 4.69) is 9.88 Å². The van der Waals surface area contributed by atoms with Gasteiger partial charge in [-0.2, -0.15) is 0 Å². The van der Waals surface area contributed by atoms with Gasteiger partial charge in [0.2, 0.25) is 5.91 Å². The van der Waals surface area contributed by atoms with Gasteiger partial charge >= 0.3 is 0 Å². The number of nitrogens with zero attached hydrogens (tertiary/aromatic N) is 1. The third kappa shape index (κ3) is 1.86. The van der Waals surface area contributed by atoms with Crippen molar-refractivity contribution in [1.29, 1.82) is 0 Å². The number of fused-ring (bicyclic) bond motifs is 1. The zero-order chi connectivity index (χ0) is 12.6. The van der Waals surface area contributed by atoms with Crippen LogP contribution in [0.3, 0.4) is 0 Å². The predicted molar refractivity (Wildman–Crippen MR) is 68.5 cm³/mol. The Morgan fingerprint density at radius 1 is 1.41 bits per heavy atom. The fourth-order valence-corrected chi connectivity index (χ4v) is 2.01. The number of ether oxygens (including phenoxy) is 1. The minimum absolute atomic E-state index is 0.0663. The molecule has 0 atom stereocenters. The van der Waals surface area contributed by atoms with Gasteiger partial charge < -0.3 is 14.6 Å². The predicted octanol–water partition coefficient (Wildman–Crippen LogP) is 2.45. The minimum atomic E-state index is -0.0663. The second-order valence-corrected chi connectivity index (χ2v) is 4.08. The van der Waals surface area contributed by atoms with Crippen molar-refractivity contribution in [3.8, 4) is 5.75 Å². The summed E-state index contributed by atoms with van der Waals surface area (Å²) in [5, 5.41) is 3.87. The number of aryl methyl sites for hydroxylation is 1. The Morgan fingerprint density at radius 2 is 2.12 bits per heavy atom. The average Bonchev–Trinajstić information content (AvgIpc) is 2.53. The molecule has 0 saturated carbocycles. The van der Waals surface area contributed by atoms with Crippen LogP contribution in [0.1, 0.15) is 12.6 Å². The van der Waals surface area contributed by atoms with Gasteiger partial charge in [-0.05, 0) is 25.1 Å². The summed E-state index contributed by atoms with van der Waals surface area (Å²) in [5.74, 6) is 0.720. The Morgan fingerprint density at radius 3 is 2.71 bits per heavy atom. The van der Waals surface area contributed by atoms with Crippen molar-refractivity contribution < 1.29 is 9.53 Å². The molecule has 0 unspecified atom stereocenters. The van der Waals surface area contributed by atoms with E-state index in [4.69, 9.17) is 4.74 Å². The molecular formula is C13H16N2O2. The largest absolute Gasteiger partial charge is 0.497 e. The number of carbonyl (C=O) groups excluding carboxylic acids is 1. The van der Waals surface area contributed by atoms with Crippen LogP contribution < -0.4 is 10.1 Å². The van der Waals surface area contributed by atoms with Crippen LogP contribution in [0.4, 0.5) is 5.69 Å². The number of nitrogens with one attached hydrogen (secondary N) is 1. The van der Waals surface area contributed by atoms with Crippen molar-refractivity contribution >= 4 is 22.5 Å². The molecule has 90 valence electrons.